The van der Waals surface area contributed by atoms with Crippen molar-refractivity contribution in [3.63, 3.8) is 0 Å². The molecule has 16 heteroatoms. The number of carboxylic acid groups (broad SMARTS) is 1. The number of aliphatic carboxylic acids is 1. The zero-order valence-electron chi connectivity index (χ0n) is 33.1. The van der Waals surface area contributed by atoms with Crippen LogP contribution < -0.4 is 0 Å². The summed E-state index contributed by atoms with van der Waals surface area (Å²) >= 11 is 0. The molecule has 2 saturated heterocycles. The molecule has 0 spiro atoms. The molecular weight excluding hydrogens is 748 g/mol. The van der Waals surface area contributed by atoms with Crippen molar-refractivity contribution in [1.29, 1.82) is 0 Å². The molecule has 0 aromatic heterocycles. The van der Waals surface area contributed by atoms with Crippen LogP contribution in [0.15, 0.2) is 23.8 Å². The van der Waals surface area contributed by atoms with Crippen molar-refractivity contribution in [3.8, 4) is 0 Å². The van der Waals surface area contributed by atoms with Gasteiger partial charge in [-0.25, -0.2) is 4.79 Å². The summed E-state index contributed by atoms with van der Waals surface area (Å²) in [5.74, 6) is -2.61. The van der Waals surface area contributed by atoms with Crippen LogP contribution in [0.3, 0.4) is 0 Å². The number of rotatable bonds is 7. The number of ether oxygens (including phenoxy) is 4. The second kappa shape index (κ2) is 14.8. The number of esters is 1. The molecule has 2 heterocycles. The summed E-state index contributed by atoms with van der Waals surface area (Å²) in [5.41, 5.74) is -1.22. The molecule has 20 atom stereocenters. The van der Waals surface area contributed by atoms with E-state index in [1.54, 1.807) is 0 Å². The Morgan fingerprint density at radius 2 is 1.51 bits per heavy atom. The van der Waals surface area contributed by atoms with Gasteiger partial charge in [-0.2, -0.15) is 0 Å². The van der Waals surface area contributed by atoms with E-state index in [1.165, 1.54) is 0 Å². The lowest BCUT2D eigenvalue weighted by Gasteiger charge is -2.71. The Labute approximate surface area is 332 Å². The van der Waals surface area contributed by atoms with Gasteiger partial charge in [-0.1, -0.05) is 51.5 Å². The van der Waals surface area contributed by atoms with Gasteiger partial charge in [-0.15, -0.1) is 0 Å². The zero-order chi connectivity index (χ0) is 41.8. The molecule has 4 saturated carbocycles. The fourth-order valence-electron chi connectivity index (χ4n) is 13.3. The molecule has 10 N–H and O–H groups in total. The van der Waals surface area contributed by atoms with Gasteiger partial charge in [0.1, 0.15) is 42.7 Å². The molecule has 0 aromatic carbocycles. The van der Waals surface area contributed by atoms with Gasteiger partial charge < -0.3 is 70.0 Å². The first-order valence-corrected chi connectivity index (χ1v) is 20.4. The Bertz CT molecular complexity index is 1620. The molecule has 7 aliphatic rings. The lowest BCUT2D eigenvalue weighted by atomic mass is 9.33. The van der Waals surface area contributed by atoms with Crippen LogP contribution in [0.4, 0.5) is 0 Å². The van der Waals surface area contributed by atoms with Crippen LogP contribution in [0.5, 0.6) is 0 Å². The maximum absolute atomic E-state index is 14.4. The summed E-state index contributed by atoms with van der Waals surface area (Å²) < 4.78 is 23.1. The van der Waals surface area contributed by atoms with E-state index in [2.05, 4.69) is 33.4 Å². The quantitative estimate of drug-likeness (QED) is 0.0912. The SMILES string of the molecule is C=C1CCC2(C(=O)OC3OC(CO)C(O)C(O)C3O)CCC3(C)C(=CCC4C5(C)CC(O)C(OC6OC(C(=O)O)C(O)C(O)C6O)C(C)(CO)C5CCC43C)C2C1. The lowest BCUT2D eigenvalue weighted by Crippen LogP contribution is -2.69. The van der Waals surface area contributed by atoms with Crippen LogP contribution >= 0.6 is 0 Å². The normalized spacial score (nSPS) is 53.7. The Hall–Kier alpha value is -2.06. The molecule has 322 valence electrons. The van der Waals surface area contributed by atoms with Gasteiger partial charge in [0, 0.05) is 11.3 Å². The Kier molecular flexibility index (Phi) is 11.2. The molecule has 6 fully saturated rings. The minimum absolute atomic E-state index is 0.00390. The molecular formula is C41H62O16. The van der Waals surface area contributed by atoms with Crippen LogP contribution in [-0.4, -0.2) is 150 Å². The predicted molar refractivity (Wildman–Crippen MR) is 196 cm³/mol. The number of aliphatic hydroxyl groups is 9. The third-order valence-corrected chi connectivity index (χ3v) is 16.7. The molecule has 2 aliphatic heterocycles. The first-order chi connectivity index (χ1) is 26.6. The largest absolute Gasteiger partial charge is 0.479 e. The number of allylic oxidation sites excluding steroid dienone is 3. The van der Waals surface area contributed by atoms with Crippen molar-refractivity contribution in [2.45, 2.75) is 159 Å². The summed E-state index contributed by atoms with van der Waals surface area (Å²) in [6.07, 6.45) is -12.2. The van der Waals surface area contributed by atoms with Crippen LogP contribution in [0.1, 0.15) is 85.5 Å². The molecule has 0 radical (unpaired) electrons. The van der Waals surface area contributed by atoms with Crippen molar-refractivity contribution in [3.05, 3.63) is 23.8 Å². The molecule has 5 aliphatic carbocycles. The highest BCUT2D eigenvalue weighted by molar-refractivity contribution is 5.79. The van der Waals surface area contributed by atoms with Crippen molar-refractivity contribution in [1.82, 2.24) is 0 Å². The fourth-order valence-corrected chi connectivity index (χ4v) is 13.3. The van der Waals surface area contributed by atoms with E-state index >= 15 is 0 Å². The van der Waals surface area contributed by atoms with E-state index in [-0.39, 0.29) is 29.6 Å². The third kappa shape index (κ3) is 6.22. The highest BCUT2D eigenvalue weighted by atomic mass is 16.7. The number of hydrogen-bond acceptors (Lipinski definition) is 15. The Balaban J connectivity index is 1.18. The van der Waals surface area contributed by atoms with Gasteiger partial charge >= 0.3 is 11.9 Å². The zero-order valence-corrected chi connectivity index (χ0v) is 33.1. The predicted octanol–water partition coefficient (Wildman–Crippen LogP) is -0.118. The van der Waals surface area contributed by atoms with Crippen molar-refractivity contribution >= 4 is 11.9 Å². The number of carboxylic acids is 1. The highest BCUT2D eigenvalue weighted by Gasteiger charge is 2.71. The van der Waals surface area contributed by atoms with Gasteiger partial charge in [-0.3, -0.25) is 4.79 Å². The molecule has 16 nitrogen and oxygen atoms in total. The van der Waals surface area contributed by atoms with Crippen LogP contribution in [0.25, 0.3) is 0 Å². The van der Waals surface area contributed by atoms with Gasteiger partial charge in [0.05, 0.1) is 30.8 Å². The van der Waals surface area contributed by atoms with Crippen molar-refractivity contribution in [2.24, 2.45) is 44.8 Å². The van der Waals surface area contributed by atoms with Crippen molar-refractivity contribution < 1.29 is 79.6 Å². The van der Waals surface area contributed by atoms with E-state index in [9.17, 15) is 60.7 Å². The number of fused-ring (bicyclic) bond motifs is 7. The maximum Gasteiger partial charge on any atom is 0.335 e. The standard InChI is InChI=1S/C41H62O16/c1-18-8-11-41(36(53)57-34-29(49)26(46)25(45)22(16-42)54-34)13-12-39(4)19(20(41)14-18)6-7-24-37(2)15-21(44)32(38(3,17-43)23(37)9-10-40(24,39)5)56-35-30(50)27(47)28(48)31(55-35)33(51)52/h6,20-32,34-35,42-50H,1,7-17H2,2-5H3,(H,51,52). The topological polar surface area (TPSA) is 273 Å². The first-order valence-electron chi connectivity index (χ1n) is 20.4. The van der Waals surface area contributed by atoms with E-state index in [0.717, 1.165) is 17.6 Å². The number of carbonyl (C=O) groups excluding carboxylic acids is 1. The maximum atomic E-state index is 14.4. The van der Waals surface area contributed by atoms with Crippen LogP contribution in [0, 0.1) is 44.8 Å². The van der Waals surface area contributed by atoms with Crippen LogP contribution in [-0.2, 0) is 28.5 Å². The molecule has 20 unspecified atom stereocenters. The van der Waals surface area contributed by atoms with Gasteiger partial charge in [0.25, 0.3) is 0 Å². The van der Waals surface area contributed by atoms with Crippen molar-refractivity contribution in [2.75, 3.05) is 13.2 Å². The average Bonchev–Trinajstić information content (AvgIpc) is 3.16. The highest BCUT2D eigenvalue weighted by Crippen LogP contribution is 2.75. The Morgan fingerprint density at radius 1 is 0.842 bits per heavy atom. The summed E-state index contributed by atoms with van der Waals surface area (Å²) in [4.78, 5) is 26.2. The summed E-state index contributed by atoms with van der Waals surface area (Å²) in [7, 11) is 0. The smallest absolute Gasteiger partial charge is 0.335 e. The van der Waals surface area contributed by atoms with Gasteiger partial charge in [0.15, 0.2) is 12.4 Å². The second-order valence-electron chi connectivity index (χ2n) is 19.3. The van der Waals surface area contributed by atoms with E-state index in [1.807, 2.05) is 6.92 Å². The number of hydrogen-bond donors (Lipinski definition) is 10. The summed E-state index contributed by atoms with van der Waals surface area (Å²) in [6, 6.07) is 0. The summed E-state index contributed by atoms with van der Waals surface area (Å²) in [5, 5.41) is 105. The fraction of sp³-hybridized carbons (Fsp3) is 0.854. The third-order valence-electron chi connectivity index (χ3n) is 16.7. The number of carbonyl (C=O) groups is 2. The average molecular weight is 811 g/mol. The molecule has 7 rings (SSSR count). The molecule has 0 amide bonds. The first kappa shape index (κ1) is 43.0. The minimum atomic E-state index is -1.91. The van der Waals surface area contributed by atoms with E-state index in [0.29, 0.717) is 44.9 Å². The van der Waals surface area contributed by atoms with E-state index in [4.69, 9.17) is 18.9 Å². The van der Waals surface area contributed by atoms with Crippen LogP contribution in [0.2, 0.25) is 0 Å². The molecule has 0 aromatic rings. The summed E-state index contributed by atoms with van der Waals surface area (Å²) in [6.45, 7) is 11.8. The number of aliphatic hydroxyl groups excluding tert-OH is 9. The lowest BCUT2D eigenvalue weighted by molar-refractivity contribution is -0.340. The molecule has 57 heavy (non-hydrogen) atoms. The molecule has 0 bridgehead atoms. The second-order valence-corrected chi connectivity index (χ2v) is 19.3. The monoisotopic (exact) mass is 810 g/mol. The minimum Gasteiger partial charge on any atom is -0.479 e. The Morgan fingerprint density at radius 3 is 2.16 bits per heavy atom. The van der Waals surface area contributed by atoms with E-state index < -0.39 is 120 Å². The van der Waals surface area contributed by atoms with Gasteiger partial charge in [-0.05, 0) is 85.9 Å². The van der Waals surface area contributed by atoms with Gasteiger partial charge in [0.2, 0.25) is 6.29 Å².